The molecule has 2 rings (SSSR count). The van der Waals surface area contributed by atoms with Crippen molar-refractivity contribution in [1.82, 2.24) is 4.90 Å². The Labute approximate surface area is 102 Å². The van der Waals surface area contributed by atoms with Gasteiger partial charge in [-0.15, -0.1) is 0 Å². The average Bonchev–Trinajstić information content (AvgIpc) is 2.63. The predicted molar refractivity (Wildman–Crippen MR) is 69.7 cm³/mol. The third-order valence-corrected chi connectivity index (χ3v) is 3.19. The Bertz CT molecular complexity index is 372. The number of nitrogen functional groups attached to an aromatic ring is 1. The molecule has 2 N–H and O–H groups in total. The fraction of sp³-hybridized carbons (Fsp3) is 0.538. The van der Waals surface area contributed by atoms with E-state index in [1.165, 1.54) is 6.07 Å². The molecule has 0 radical (unpaired) electrons. The number of nitrogens with two attached hydrogens (primary N) is 1. The smallest absolute Gasteiger partial charge is 0.127 e. The highest BCUT2D eigenvalue weighted by Crippen LogP contribution is 2.28. The van der Waals surface area contributed by atoms with E-state index in [9.17, 15) is 4.39 Å². The summed E-state index contributed by atoms with van der Waals surface area (Å²) in [6.07, 6.45) is 2.32. The Kier molecular flexibility index (Phi) is 3.52. The summed E-state index contributed by atoms with van der Waals surface area (Å²) in [5.74, 6) is -0.254. The number of halogens is 1. The lowest BCUT2D eigenvalue weighted by atomic mass is 10.2. The van der Waals surface area contributed by atoms with Gasteiger partial charge in [0.05, 0.1) is 0 Å². The van der Waals surface area contributed by atoms with Gasteiger partial charge in [0, 0.05) is 30.5 Å². The maximum absolute atomic E-state index is 13.4. The van der Waals surface area contributed by atoms with Crippen LogP contribution in [0.15, 0.2) is 18.2 Å². The molecule has 94 valence electrons. The Morgan fingerprint density at radius 3 is 2.82 bits per heavy atom. The summed E-state index contributed by atoms with van der Waals surface area (Å²) in [5, 5.41) is 0. The molecular weight excluding hydrogens is 217 g/mol. The van der Waals surface area contributed by atoms with Crippen LogP contribution in [-0.2, 0) is 0 Å². The normalized spacial score (nSPS) is 20.2. The van der Waals surface area contributed by atoms with Crippen molar-refractivity contribution in [2.75, 3.05) is 37.8 Å². The highest BCUT2D eigenvalue weighted by atomic mass is 19.1. The summed E-state index contributed by atoms with van der Waals surface area (Å²) in [6.45, 7) is 1.98. The van der Waals surface area contributed by atoms with Gasteiger partial charge in [0.15, 0.2) is 0 Å². The molecule has 1 aliphatic heterocycles. The topological polar surface area (TPSA) is 32.5 Å². The molecule has 1 saturated heterocycles. The molecule has 3 nitrogen and oxygen atoms in total. The van der Waals surface area contributed by atoms with Crippen molar-refractivity contribution in [3.05, 3.63) is 24.0 Å². The molecule has 1 atom stereocenters. The molecule has 1 fully saturated rings. The molecule has 0 saturated carbocycles. The summed E-state index contributed by atoms with van der Waals surface area (Å²) in [7, 11) is 4.13. The van der Waals surface area contributed by atoms with Crippen molar-refractivity contribution in [2.24, 2.45) is 0 Å². The second-order valence-electron chi connectivity index (χ2n) is 4.99. The van der Waals surface area contributed by atoms with E-state index < -0.39 is 0 Å². The van der Waals surface area contributed by atoms with Gasteiger partial charge in [-0.25, -0.2) is 4.39 Å². The minimum absolute atomic E-state index is 0.254. The van der Waals surface area contributed by atoms with Gasteiger partial charge in [-0.1, -0.05) is 0 Å². The summed E-state index contributed by atoms with van der Waals surface area (Å²) in [6, 6.07) is 5.26. The third kappa shape index (κ3) is 2.88. The van der Waals surface area contributed by atoms with E-state index in [1.54, 1.807) is 6.07 Å². The minimum Gasteiger partial charge on any atom is -0.399 e. The van der Waals surface area contributed by atoms with Gasteiger partial charge in [0.25, 0.3) is 0 Å². The summed E-state index contributed by atoms with van der Waals surface area (Å²) in [5.41, 5.74) is 7.10. The van der Waals surface area contributed by atoms with Crippen LogP contribution < -0.4 is 10.6 Å². The maximum Gasteiger partial charge on any atom is 0.127 e. The molecule has 0 amide bonds. The Hall–Kier alpha value is -1.29. The van der Waals surface area contributed by atoms with E-state index in [-0.39, 0.29) is 5.82 Å². The van der Waals surface area contributed by atoms with E-state index in [1.807, 2.05) is 6.07 Å². The first-order valence-corrected chi connectivity index (χ1v) is 6.03. The quantitative estimate of drug-likeness (QED) is 0.815. The number of anilines is 2. The van der Waals surface area contributed by atoms with E-state index in [0.717, 1.165) is 31.6 Å². The second-order valence-corrected chi connectivity index (χ2v) is 4.99. The third-order valence-electron chi connectivity index (χ3n) is 3.19. The fourth-order valence-corrected chi connectivity index (χ4v) is 2.55. The van der Waals surface area contributed by atoms with Crippen LogP contribution in [0.25, 0.3) is 0 Å². The van der Waals surface area contributed by atoms with Gasteiger partial charge < -0.3 is 15.5 Å². The Morgan fingerprint density at radius 2 is 2.18 bits per heavy atom. The van der Waals surface area contributed by atoms with Gasteiger partial charge in [-0.05, 0) is 45.1 Å². The van der Waals surface area contributed by atoms with Crippen LogP contribution in [0.5, 0.6) is 0 Å². The summed E-state index contributed by atoms with van der Waals surface area (Å²) in [4.78, 5) is 4.44. The lowest BCUT2D eigenvalue weighted by Crippen LogP contribution is -2.37. The molecule has 1 heterocycles. The highest BCUT2D eigenvalue weighted by molar-refractivity contribution is 5.57. The molecule has 0 bridgehead atoms. The first-order valence-electron chi connectivity index (χ1n) is 6.03. The molecular formula is C13H20FN3. The zero-order chi connectivity index (χ0) is 12.4. The van der Waals surface area contributed by atoms with Crippen LogP contribution in [0.4, 0.5) is 15.8 Å². The molecule has 0 aliphatic carbocycles. The second kappa shape index (κ2) is 4.92. The highest BCUT2D eigenvalue weighted by Gasteiger charge is 2.25. The molecule has 1 aliphatic rings. The number of nitrogens with zero attached hydrogens (tertiary/aromatic N) is 2. The van der Waals surface area contributed by atoms with E-state index in [2.05, 4.69) is 23.9 Å². The lowest BCUT2D eigenvalue weighted by Gasteiger charge is -2.29. The SMILES string of the molecule is CN(C)CC1CCCN1c1cc(N)cc(F)c1. The van der Waals surface area contributed by atoms with Crippen LogP contribution in [-0.4, -0.2) is 38.1 Å². The van der Waals surface area contributed by atoms with Crippen molar-refractivity contribution >= 4 is 11.4 Å². The summed E-state index contributed by atoms with van der Waals surface area (Å²) < 4.78 is 13.4. The lowest BCUT2D eigenvalue weighted by molar-refractivity contribution is 0.372. The number of hydrogen-bond acceptors (Lipinski definition) is 3. The number of hydrogen-bond donors (Lipinski definition) is 1. The monoisotopic (exact) mass is 237 g/mol. The summed E-state index contributed by atoms with van der Waals surface area (Å²) >= 11 is 0. The van der Waals surface area contributed by atoms with E-state index >= 15 is 0 Å². The molecule has 17 heavy (non-hydrogen) atoms. The molecule has 0 spiro atoms. The van der Waals surface area contributed by atoms with Crippen molar-refractivity contribution in [1.29, 1.82) is 0 Å². The van der Waals surface area contributed by atoms with Gasteiger partial charge in [-0.2, -0.15) is 0 Å². The minimum atomic E-state index is -0.254. The van der Waals surface area contributed by atoms with Crippen LogP contribution in [0.1, 0.15) is 12.8 Å². The maximum atomic E-state index is 13.4. The van der Waals surface area contributed by atoms with Gasteiger partial charge >= 0.3 is 0 Å². The van der Waals surface area contributed by atoms with Gasteiger partial charge in [0.2, 0.25) is 0 Å². The van der Waals surface area contributed by atoms with Crippen LogP contribution in [0, 0.1) is 5.82 Å². The molecule has 1 aromatic carbocycles. The first-order chi connectivity index (χ1) is 8.06. The number of benzene rings is 1. The fourth-order valence-electron chi connectivity index (χ4n) is 2.55. The van der Waals surface area contributed by atoms with E-state index in [4.69, 9.17) is 5.73 Å². The number of likely N-dealkylation sites (N-methyl/N-ethyl adjacent to an activating group) is 1. The largest absolute Gasteiger partial charge is 0.399 e. The molecule has 1 aromatic rings. The van der Waals surface area contributed by atoms with Crippen molar-refractivity contribution in [3.8, 4) is 0 Å². The van der Waals surface area contributed by atoms with E-state index in [0.29, 0.717) is 11.7 Å². The average molecular weight is 237 g/mol. The van der Waals surface area contributed by atoms with Crippen molar-refractivity contribution in [3.63, 3.8) is 0 Å². The van der Waals surface area contributed by atoms with Crippen molar-refractivity contribution < 1.29 is 4.39 Å². The zero-order valence-electron chi connectivity index (χ0n) is 10.5. The molecule has 4 heteroatoms. The van der Waals surface area contributed by atoms with Gasteiger partial charge in [0.1, 0.15) is 5.82 Å². The zero-order valence-corrected chi connectivity index (χ0v) is 10.5. The predicted octanol–water partition coefficient (Wildman–Crippen LogP) is 1.94. The number of rotatable bonds is 3. The van der Waals surface area contributed by atoms with Crippen LogP contribution in [0.3, 0.4) is 0 Å². The molecule has 1 unspecified atom stereocenters. The standard InChI is InChI=1S/C13H20FN3/c1-16(2)9-12-4-3-5-17(12)13-7-10(14)6-11(15)8-13/h6-8,12H,3-5,9,15H2,1-2H3. The Balaban J connectivity index is 2.19. The first kappa shape index (κ1) is 12.2. The molecule has 0 aromatic heterocycles. The Morgan fingerprint density at radius 1 is 1.41 bits per heavy atom. The van der Waals surface area contributed by atoms with Gasteiger partial charge in [-0.3, -0.25) is 0 Å². The van der Waals surface area contributed by atoms with Crippen LogP contribution >= 0.6 is 0 Å². The van der Waals surface area contributed by atoms with Crippen LogP contribution in [0.2, 0.25) is 0 Å². The van der Waals surface area contributed by atoms with Crippen molar-refractivity contribution in [2.45, 2.75) is 18.9 Å².